The minimum absolute atomic E-state index is 0.0392. The van der Waals surface area contributed by atoms with Gasteiger partial charge in [-0.05, 0) is 86.6 Å². The monoisotopic (exact) mass is 536 g/mol. The van der Waals surface area contributed by atoms with Crippen LogP contribution < -0.4 is 9.80 Å². The lowest BCUT2D eigenvalue weighted by Gasteiger charge is -2.15. The number of imide groups is 2. The second kappa shape index (κ2) is 8.57. The molecule has 2 aliphatic rings. The topological polar surface area (TPSA) is 109 Å². The number of aryl methyl sites for hydroxylation is 2. The van der Waals surface area contributed by atoms with Gasteiger partial charge in [-0.3, -0.25) is 19.2 Å². The molecule has 8 nitrogen and oxygen atoms in total. The fourth-order valence-corrected chi connectivity index (χ4v) is 6.12. The predicted octanol–water partition coefficient (Wildman–Crippen LogP) is 4.74. The summed E-state index contributed by atoms with van der Waals surface area (Å²) in [5.41, 5.74) is 3.44. The first-order valence-electron chi connectivity index (χ1n) is 12.0. The highest BCUT2D eigenvalue weighted by molar-refractivity contribution is 7.91. The molecule has 0 saturated carbocycles. The van der Waals surface area contributed by atoms with Crippen LogP contribution in [-0.4, -0.2) is 32.0 Å². The van der Waals surface area contributed by atoms with E-state index in [2.05, 4.69) is 0 Å². The zero-order chi connectivity index (χ0) is 27.6. The number of fused-ring (bicyclic) bond motifs is 2. The van der Waals surface area contributed by atoms with Crippen LogP contribution in [-0.2, 0) is 9.84 Å². The molecule has 192 valence electrons. The van der Waals surface area contributed by atoms with Crippen LogP contribution in [0.5, 0.6) is 0 Å². The molecule has 0 aliphatic carbocycles. The Bertz CT molecular complexity index is 1730. The number of hydrogen-bond donors (Lipinski definition) is 0. The van der Waals surface area contributed by atoms with Crippen LogP contribution in [0.25, 0.3) is 0 Å². The standard InChI is InChI=1S/C30H20N2O6S/c1-17-3-13-23-25(15-17)29(35)31(27(23)33)19-5-9-21(10-6-19)39(37,38)22-11-7-20(8-12-22)32-28(34)24-14-4-18(2)16-26(24)30(32)36/h3-16H,1-2H3. The molecule has 0 spiro atoms. The van der Waals surface area contributed by atoms with Crippen molar-refractivity contribution in [2.75, 3.05) is 9.80 Å². The molecule has 0 saturated heterocycles. The third-order valence-corrected chi connectivity index (χ3v) is 8.68. The first-order valence-corrected chi connectivity index (χ1v) is 13.5. The summed E-state index contributed by atoms with van der Waals surface area (Å²) < 4.78 is 26.6. The second-order valence-corrected chi connectivity index (χ2v) is 11.4. The van der Waals surface area contributed by atoms with Gasteiger partial charge in [0.15, 0.2) is 0 Å². The van der Waals surface area contributed by atoms with Gasteiger partial charge in [0.1, 0.15) is 0 Å². The highest BCUT2D eigenvalue weighted by Gasteiger charge is 2.38. The summed E-state index contributed by atoms with van der Waals surface area (Å²) in [7, 11) is -3.97. The Morgan fingerprint density at radius 3 is 1.15 bits per heavy atom. The van der Waals surface area contributed by atoms with Crippen molar-refractivity contribution in [3.63, 3.8) is 0 Å². The molecule has 0 unspecified atom stereocenters. The smallest absolute Gasteiger partial charge is 0.266 e. The fraction of sp³-hybridized carbons (Fsp3) is 0.0667. The van der Waals surface area contributed by atoms with Crippen molar-refractivity contribution < 1.29 is 27.6 Å². The average Bonchev–Trinajstić information content (AvgIpc) is 3.32. The van der Waals surface area contributed by atoms with E-state index in [0.29, 0.717) is 22.3 Å². The second-order valence-electron chi connectivity index (χ2n) is 9.48. The summed E-state index contributed by atoms with van der Waals surface area (Å²) in [5.74, 6) is -1.87. The maximum Gasteiger partial charge on any atom is 0.266 e. The molecular formula is C30H20N2O6S. The van der Waals surface area contributed by atoms with Crippen molar-refractivity contribution in [1.29, 1.82) is 0 Å². The quantitative estimate of drug-likeness (QED) is 0.349. The van der Waals surface area contributed by atoms with Crippen LogP contribution in [0.2, 0.25) is 0 Å². The van der Waals surface area contributed by atoms with Gasteiger partial charge >= 0.3 is 0 Å². The van der Waals surface area contributed by atoms with Crippen LogP contribution in [0.3, 0.4) is 0 Å². The number of carbonyl (C=O) groups is 4. The number of carbonyl (C=O) groups excluding carboxylic acids is 4. The number of benzene rings is 4. The molecule has 2 aliphatic heterocycles. The Morgan fingerprint density at radius 1 is 0.462 bits per heavy atom. The van der Waals surface area contributed by atoms with Crippen molar-refractivity contribution in [3.8, 4) is 0 Å². The number of hydrogen-bond acceptors (Lipinski definition) is 6. The summed E-state index contributed by atoms with van der Waals surface area (Å²) >= 11 is 0. The van der Waals surface area contributed by atoms with E-state index in [1.165, 1.54) is 48.5 Å². The minimum Gasteiger partial charge on any atom is -0.268 e. The van der Waals surface area contributed by atoms with E-state index >= 15 is 0 Å². The number of amides is 4. The van der Waals surface area contributed by atoms with Crippen molar-refractivity contribution in [2.24, 2.45) is 0 Å². The summed E-state index contributed by atoms with van der Waals surface area (Å²) in [6.45, 7) is 3.65. The molecule has 0 radical (unpaired) electrons. The Morgan fingerprint density at radius 2 is 0.795 bits per heavy atom. The van der Waals surface area contributed by atoms with Crippen molar-refractivity contribution in [2.45, 2.75) is 23.6 Å². The van der Waals surface area contributed by atoms with Crippen LogP contribution in [0, 0.1) is 13.8 Å². The van der Waals surface area contributed by atoms with Crippen LogP contribution in [0.15, 0.2) is 94.7 Å². The molecule has 0 N–H and O–H groups in total. The minimum atomic E-state index is -3.97. The Hall–Kier alpha value is -4.89. The molecule has 0 aromatic heterocycles. The van der Waals surface area contributed by atoms with E-state index in [1.807, 2.05) is 13.8 Å². The molecule has 0 fully saturated rings. The molecule has 39 heavy (non-hydrogen) atoms. The third kappa shape index (κ3) is 3.70. The molecule has 4 aromatic rings. The normalized spacial score (nSPS) is 14.7. The van der Waals surface area contributed by atoms with Crippen molar-refractivity contribution in [1.82, 2.24) is 0 Å². The lowest BCUT2D eigenvalue weighted by Crippen LogP contribution is -2.29. The Kier molecular flexibility index (Phi) is 5.37. The summed E-state index contributed by atoms with van der Waals surface area (Å²) in [6.07, 6.45) is 0. The molecule has 4 amide bonds. The first kappa shape index (κ1) is 24.4. The molecule has 0 bridgehead atoms. The molecule has 6 rings (SSSR count). The maximum atomic E-state index is 13.3. The summed E-state index contributed by atoms with van der Waals surface area (Å²) in [6, 6.07) is 21.0. The lowest BCUT2D eigenvalue weighted by molar-refractivity contribution is 0.0910. The zero-order valence-electron chi connectivity index (χ0n) is 20.8. The molecule has 9 heteroatoms. The SMILES string of the molecule is Cc1ccc2c(c1)C(=O)N(c1ccc(S(=O)(=O)c3ccc(N4C(=O)c5ccc(C)cc5C4=O)cc3)cc1)C2=O. The van der Waals surface area contributed by atoms with Gasteiger partial charge in [-0.25, -0.2) is 18.2 Å². The van der Waals surface area contributed by atoms with Gasteiger partial charge in [0.05, 0.1) is 43.4 Å². The van der Waals surface area contributed by atoms with E-state index in [0.717, 1.165) is 20.9 Å². The van der Waals surface area contributed by atoms with E-state index in [1.54, 1.807) is 36.4 Å². The van der Waals surface area contributed by atoms with E-state index in [-0.39, 0.29) is 21.2 Å². The highest BCUT2D eigenvalue weighted by Crippen LogP contribution is 2.33. The number of anilines is 2. The molecule has 4 aromatic carbocycles. The van der Waals surface area contributed by atoms with Gasteiger partial charge in [0.25, 0.3) is 23.6 Å². The third-order valence-electron chi connectivity index (χ3n) is 6.89. The zero-order valence-corrected chi connectivity index (χ0v) is 21.7. The Balaban J connectivity index is 1.26. The maximum absolute atomic E-state index is 13.3. The summed E-state index contributed by atoms with van der Waals surface area (Å²) in [5, 5.41) is 0. The number of sulfone groups is 1. The largest absolute Gasteiger partial charge is 0.268 e. The highest BCUT2D eigenvalue weighted by atomic mass is 32.2. The van der Waals surface area contributed by atoms with Gasteiger partial charge < -0.3 is 0 Å². The summed E-state index contributed by atoms with van der Waals surface area (Å²) in [4.78, 5) is 53.4. The van der Waals surface area contributed by atoms with E-state index in [9.17, 15) is 27.6 Å². The number of nitrogens with zero attached hydrogens (tertiary/aromatic N) is 2. The van der Waals surface area contributed by atoms with Gasteiger partial charge in [-0.1, -0.05) is 23.3 Å². The molecule has 2 heterocycles. The van der Waals surface area contributed by atoms with Gasteiger partial charge in [-0.15, -0.1) is 0 Å². The van der Waals surface area contributed by atoms with E-state index < -0.39 is 33.5 Å². The lowest BCUT2D eigenvalue weighted by atomic mass is 10.1. The van der Waals surface area contributed by atoms with Crippen molar-refractivity contribution >= 4 is 44.8 Å². The molecular weight excluding hydrogens is 516 g/mol. The predicted molar refractivity (Wildman–Crippen MR) is 143 cm³/mol. The van der Waals surface area contributed by atoms with Gasteiger partial charge in [0.2, 0.25) is 9.84 Å². The number of rotatable bonds is 4. The first-order chi connectivity index (χ1) is 18.6. The van der Waals surface area contributed by atoms with Crippen LogP contribution >= 0.6 is 0 Å². The Labute approximate surface area is 224 Å². The van der Waals surface area contributed by atoms with Crippen molar-refractivity contribution in [3.05, 3.63) is 118 Å². The average molecular weight is 537 g/mol. The van der Waals surface area contributed by atoms with Gasteiger partial charge in [-0.2, -0.15) is 0 Å². The van der Waals surface area contributed by atoms with E-state index in [4.69, 9.17) is 0 Å². The fourth-order valence-electron chi connectivity index (χ4n) is 4.86. The van der Waals surface area contributed by atoms with Crippen LogP contribution in [0.1, 0.15) is 52.6 Å². The molecule has 0 atom stereocenters. The van der Waals surface area contributed by atoms with Gasteiger partial charge in [0, 0.05) is 0 Å². The van der Waals surface area contributed by atoms with Crippen LogP contribution in [0.4, 0.5) is 11.4 Å².